The number of hydrogen-bond acceptors (Lipinski definition) is 3. The molecule has 0 radical (unpaired) electrons. The largest absolute Gasteiger partial charge is 0.333 e. The second kappa shape index (κ2) is 6.13. The van der Waals surface area contributed by atoms with Gasteiger partial charge in [-0.3, -0.25) is 4.99 Å². The van der Waals surface area contributed by atoms with Crippen LogP contribution < -0.4 is 5.32 Å². The first-order valence-electron chi connectivity index (χ1n) is 5.72. The molecule has 1 aromatic rings. The van der Waals surface area contributed by atoms with E-state index in [1.807, 2.05) is 0 Å². The number of benzene rings is 1. The molecule has 6 heteroatoms. The molecule has 1 aliphatic rings. The molecule has 1 unspecified atom stereocenters. The van der Waals surface area contributed by atoms with E-state index in [1.165, 1.54) is 12.1 Å². The number of aliphatic imine (C=N–C) groups is 1. The standard InChI is InChI=1S/C12H13Cl2FN2S/c1-2-8-3-4-18-12(16-8)17-11-9(13)5-7(15)6-10(11)14/h5-6,8H,2-4H2,1H3,(H,16,17). The zero-order valence-corrected chi connectivity index (χ0v) is 12.2. The molecule has 2 nitrogen and oxygen atoms in total. The lowest BCUT2D eigenvalue weighted by atomic mass is 10.2. The van der Waals surface area contributed by atoms with Gasteiger partial charge in [-0.1, -0.05) is 41.9 Å². The van der Waals surface area contributed by atoms with Gasteiger partial charge in [0, 0.05) is 5.75 Å². The number of anilines is 1. The Bertz CT molecular complexity index is 456. The smallest absolute Gasteiger partial charge is 0.161 e. The zero-order chi connectivity index (χ0) is 13.1. The van der Waals surface area contributed by atoms with Crippen molar-refractivity contribution in [3.8, 4) is 0 Å². The van der Waals surface area contributed by atoms with Gasteiger partial charge in [0.1, 0.15) is 5.82 Å². The van der Waals surface area contributed by atoms with E-state index in [2.05, 4.69) is 17.2 Å². The SMILES string of the molecule is CCC1CCSC(Nc2c(Cl)cc(F)cc2Cl)=N1. The second-order valence-electron chi connectivity index (χ2n) is 4.00. The molecule has 0 spiro atoms. The Hall–Kier alpha value is -0.450. The Morgan fingerprint density at radius 1 is 1.44 bits per heavy atom. The summed E-state index contributed by atoms with van der Waals surface area (Å²) in [5.74, 6) is 0.570. The van der Waals surface area contributed by atoms with Gasteiger partial charge in [0.2, 0.25) is 0 Å². The van der Waals surface area contributed by atoms with Crippen LogP contribution in [0.4, 0.5) is 10.1 Å². The van der Waals surface area contributed by atoms with Gasteiger partial charge in [-0.25, -0.2) is 4.39 Å². The molecule has 98 valence electrons. The fourth-order valence-electron chi connectivity index (χ4n) is 1.69. The summed E-state index contributed by atoms with van der Waals surface area (Å²) in [5.41, 5.74) is 0.516. The van der Waals surface area contributed by atoms with Crippen molar-refractivity contribution in [2.45, 2.75) is 25.8 Å². The summed E-state index contributed by atoms with van der Waals surface area (Å²) in [6, 6.07) is 2.81. The second-order valence-corrected chi connectivity index (χ2v) is 5.90. The van der Waals surface area contributed by atoms with Crippen LogP contribution in [0.1, 0.15) is 19.8 Å². The average molecular weight is 307 g/mol. The lowest BCUT2D eigenvalue weighted by Crippen LogP contribution is -2.19. The molecule has 0 bridgehead atoms. The number of amidine groups is 1. The van der Waals surface area contributed by atoms with Crippen LogP contribution in [0.5, 0.6) is 0 Å². The van der Waals surface area contributed by atoms with Crippen molar-refractivity contribution >= 4 is 45.8 Å². The number of nitrogens with zero attached hydrogens (tertiary/aromatic N) is 1. The third-order valence-corrected chi connectivity index (χ3v) is 4.22. The summed E-state index contributed by atoms with van der Waals surface area (Å²) in [5, 5.41) is 4.42. The van der Waals surface area contributed by atoms with Gasteiger partial charge in [-0.05, 0) is 25.0 Å². The van der Waals surface area contributed by atoms with Crippen LogP contribution in [0, 0.1) is 5.82 Å². The maximum Gasteiger partial charge on any atom is 0.161 e. The third-order valence-electron chi connectivity index (χ3n) is 2.70. The number of halogens is 3. The molecule has 0 fully saturated rings. The van der Waals surface area contributed by atoms with E-state index >= 15 is 0 Å². The van der Waals surface area contributed by atoms with Crippen molar-refractivity contribution in [3.05, 3.63) is 28.0 Å². The highest BCUT2D eigenvalue weighted by Crippen LogP contribution is 2.33. The molecule has 1 atom stereocenters. The Morgan fingerprint density at radius 2 is 2.11 bits per heavy atom. The van der Waals surface area contributed by atoms with Gasteiger partial charge in [-0.2, -0.15) is 0 Å². The van der Waals surface area contributed by atoms with E-state index in [-0.39, 0.29) is 10.0 Å². The van der Waals surface area contributed by atoms with Crippen molar-refractivity contribution in [2.75, 3.05) is 11.1 Å². The van der Waals surface area contributed by atoms with Crippen LogP contribution in [0.2, 0.25) is 10.0 Å². The van der Waals surface area contributed by atoms with E-state index < -0.39 is 5.82 Å². The van der Waals surface area contributed by atoms with Gasteiger partial charge >= 0.3 is 0 Å². The predicted octanol–water partition coefficient (Wildman–Crippen LogP) is 4.82. The Morgan fingerprint density at radius 3 is 2.72 bits per heavy atom. The lowest BCUT2D eigenvalue weighted by molar-refractivity contribution is 0.628. The van der Waals surface area contributed by atoms with Crippen LogP contribution in [-0.4, -0.2) is 17.0 Å². The summed E-state index contributed by atoms with van der Waals surface area (Å²) in [4.78, 5) is 4.56. The van der Waals surface area contributed by atoms with Crippen molar-refractivity contribution < 1.29 is 4.39 Å². The van der Waals surface area contributed by atoms with Gasteiger partial charge in [-0.15, -0.1) is 0 Å². The highest BCUT2D eigenvalue weighted by Gasteiger charge is 2.16. The summed E-state index contributed by atoms with van der Waals surface area (Å²) in [7, 11) is 0. The van der Waals surface area contributed by atoms with Crippen LogP contribution in [-0.2, 0) is 0 Å². The zero-order valence-electron chi connectivity index (χ0n) is 9.84. The summed E-state index contributed by atoms with van der Waals surface area (Å²) >= 11 is 13.6. The van der Waals surface area contributed by atoms with Gasteiger partial charge in [0.25, 0.3) is 0 Å². The molecule has 1 N–H and O–H groups in total. The highest BCUT2D eigenvalue weighted by atomic mass is 35.5. The van der Waals surface area contributed by atoms with E-state index in [4.69, 9.17) is 23.2 Å². The topological polar surface area (TPSA) is 24.4 Å². The fraction of sp³-hybridized carbons (Fsp3) is 0.417. The van der Waals surface area contributed by atoms with E-state index in [9.17, 15) is 4.39 Å². The minimum absolute atomic E-state index is 0.266. The highest BCUT2D eigenvalue weighted by molar-refractivity contribution is 8.14. The fourth-order valence-corrected chi connectivity index (χ4v) is 3.23. The summed E-state index contributed by atoms with van der Waals surface area (Å²) in [6.45, 7) is 2.11. The predicted molar refractivity (Wildman–Crippen MR) is 78.6 cm³/mol. The first-order valence-corrected chi connectivity index (χ1v) is 7.46. The minimum Gasteiger partial charge on any atom is -0.333 e. The Kier molecular flexibility index (Phi) is 4.76. The average Bonchev–Trinajstić information content (AvgIpc) is 2.34. The summed E-state index contributed by atoms with van der Waals surface area (Å²) < 4.78 is 13.1. The summed E-state index contributed by atoms with van der Waals surface area (Å²) in [6.07, 6.45) is 2.09. The molecule has 2 rings (SSSR count). The molecule has 1 heterocycles. The van der Waals surface area contributed by atoms with E-state index in [1.54, 1.807) is 11.8 Å². The van der Waals surface area contributed by atoms with Gasteiger partial charge in [0.05, 0.1) is 21.8 Å². The quantitative estimate of drug-likeness (QED) is 0.847. The maximum absolute atomic E-state index is 13.1. The van der Waals surface area contributed by atoms with Crippen LogP contribution >= 0.6 is 35.0 Å². The monoisotopic (exact) mass is 306 g/mol. The molecule has 1 aliphatic heterocycles. The molecule has 1 aromatic carbocycles. The molecule has 0 aliphatic carbocycles. The van der Waals surface area contributed by atoms with Crippen LogP contribution in [0.3, 0.4) is 0 Å². The van der Waals surface area contributed by atoms with Crippen LogP contribution in [0.15, 0.2) is 17.1 Å². The van der Waals surface area contributed by atoms with Gasteiger partial charge in [0.15, 0.2) is 5.17 Å². The van der Waals surface area contributed by atoms with E-state index in [0.29, 0.717) is 11.7 Å². The number of hydrogen-bond donors (Lipinski definition) is 1. The first kappa shape index (κ1) is 14.0. The molecule has 0 aromatic heterocycles. The van der Waals surface area contributed by atoms with Gasteiger partial charge < -0.3 is 5.32 Å². The first-order chi connectivity index (χ1) is 8.60. The number of nitrogens with one attached hydrogen (secondary N) is 1. The molecule has 0 amide bonds. The molecular formula is C12H13Cl2FN2S. The lowest BCUT2D eigenvalue weighted by Gasteiger charge is -2.20. The Balaban J connectivity index is 2.21. The molecule has 0 saturated heterocycles. The molecule has 18 heavy (non-hydrogen) atoms. The number of rotatable bonds is 2. The molecular weight excluding hydrogens is 294 g/mol. The number of thioether (sulfide) groups is 1. The van der Waals surface area contributed by atoms with Crippen molar-refractivity contribution in [2.24, 2.45) is 4.99 Å². The molecule has 0 saturated carbocycles. The van der Waals surface area contributed by atoms with Crippen molar-refractivity contribution in [3.63, 3.8) is 0 Å². The Labute approximate surface area is 120 Å². The third kappa shape index (κ3) is 3.31. The van der Waals surface area contributed by atoms with Crippen molar-refractivity contribution in [1.29, 1.82) is 0 Å². The van der Waals surface area contributed by atoms with Crippen LogP contribution in [0.25, 0.3) is 0 Å². The van der Waals surface area contributed by atoms with E-state index in [0.717, 1.165) is 23.8 Å². The normalized spacial score (nSPS) is 19.6. The van der Waals surface area contributed by atoms with Crippen molar-refractivity contribution in [1.82, 2.24) is 0 Å². The maximum atomic E-state index is 13.1. The minimum atomic E-state index is -0.444.